The number of hydrogen-bond acceptors (Lipinski definition) is 4. The number of carbonyl (C=O) groups excluding carboxylic acids is 2. The SMILES string of the molecule is CN(Cc1cnn(-c2ccccc2)c1)C(=O)c1ccc2c(c1)NC(=O)CCS2. The van der Waals surface area contributed by atoms with Gasteiger partial charge in [-0.1, -0.05) is 18.2 Å². The van der Waals surface area contributed by atoms with E-state index in [-0.39, 0.29) is 11.8 Å². The first-order chi connectivity index (χ1) is 13.6. The fraction of sp³-hybridized carbons (Fsp3) is 0.190. The number of benzene rings is 2. The Morgan fingerprint density at radius 2 is 2.07 bits per heavy atom. The zero-order valence-electron chi connectivity index (χ0n) is 15.5. The summed E-state index contributed by atoms with van der Waals surface area (Å²) in [6.45, 7) is 0.448. The first-order valence-electron chi connectivity index (χ1n) is 9.01. The molecule has 0 aliphatic carbocycles. The third-order valence-corrected chi connectivity index (χ3v) is 5.59. The predicted octanol–water partition coefficient (Wildman–Crippen LogP) is 3.58. The lowest BCUT2D eigenvalue weighted by Gasteiger charge is -2.17. The molecule has 7 heteroatoms. The van der Waals surface area contributed by atoms with Crippen LogP contribution in [0.15, 0.2) is 65.8 Å². The van der Waals surface area contributed by atoms with Gasteiger partial charge >= 0.3 is 0 Å². The number of aromatic nitrogens is 2. The fourth-order valence-electron chi connectivity index (χ4n) is 3.08. The van der Waals surface area contributed by atoms with Gasteiger partial charge in [0, 0.05) is 48.0 Å². The van der Waals surface area contributed by atoms with E-state index in [1.54, 1.807) is 40.7 Å². The molecular weight excluding hydrogens is 372 g/mol. The second-order valence-corrected chi connectivity index (χ2v) is 7.78. The molecule has 0 unspecified atom stereocenters. The van der Waals surface area contributed by atoms with Crippen molar-refractivity contribution in [2.45, 2.75) is 17.9 Å². The van der Waals surface area contributed by atoms with Crippen molar-refractivity contribution in [2.75, 3.05) is 18.1 Å². The van der Waals surface area contributed by atoms with Gasteiger partial charge in [0.25, 0.3) is 5.91 Å². The number of para-hydroxylation sites is 1. The molecule has 2 amide bonds. The predicted molar refractivity (Wildman–Crippen MR) is 110 cm³/mol. The summed E-state index contributed by atoms with van der Waals surface area (Å²) in [4.78, 5) is 27.3. The van der Waals surface area contributed by atoms with Crippen molar-refractivity contribution in [1.29, 1.82) is 0 Å². The minimum atomic E-state index is -0.0984. The Kier molecular flexibility index (Phi) is 5.16. The van der Waals surface area contributed by atoms with Crippen molar-refractivity contribution in [2.24, 2.45) is 0 Å². The maximum absolute atomic E-state index is 12.9. The summed E-state index contributed by atoms with van der Waals surface area (Å²) in [6, 6.07) is 15.3. The Bertz CT molecular complexity index is 1020. The summed E-state index contributed by atoms with van der Waals surface area (Å²) in [5.41, 5.74) is 3.18. The standard InChI is InChI=1S/C21H20N4O2S/c1-24(13-15-12-22-25(14-15)17-5-3-2-4-6-17)21(27)16-7-8-19-18(11-16)23-20(26)9-10-28-19/h2-8,11-12,14H,9-10,13H2,1H3,(H,23,26). The molecule has 0 atom stereocenters. The number of amides is 2. The summed E-state index contributed by atoms with van der Waals surface area (Å²) in [5, 5.41) is 7.26. The molecule has 0 saturated heterocycles. The molecule has 0 fully saturated rings. The van der Waals surface area contributed by atoms with Gasteiger partial charge in [0.05, 0.1) is 17.6 Å². The Labute approximate surface area is 167 Å². The highest BCUT2D eigenvalue weighted by Gasteiger charge is 2.18. The molecule has 28 heavy (non-hydrogen) atoms. The van der Waals surface area contributed by atoms with Crippen molar-refractivity contribution in [1.82, 2.24) is 14.7 Å². The number of rotatable bonds is 4. The van der Waals surface area contributed by atoms with Gasteiger partial charge in [0.1, 0.15) is 0 Å². The topological polar surface area (TPSA) is 67.2 Å². The monoisotopic (exact) mass is 392 g/mol. The molecule has 6 nitrogen and oxygen atoms in total. The molecule has 1 aliphatic heterocycles. The lowest BCUT2D eigenvalue weighted by Crippen LogP contribution is -2.26. The van der Waals surface area contributed by atoms with E-state index in [4.69, 9.17) is 0 Å². The van der Waals surface area contributed by atoms with E-state index >= 15 is 0 Å². The summed E-state index contributed by atoms with van der Waals surface area (Å²) < 4.78 is 1.79. The van der Waals surface area contributed by atoms with Gasteiger partial charge < -0.3 is 10.2 Å². The lowest BCUT2D eigenvalue weighted by molar-refractivity contribution is -0.115. The van der Waals surface area contributed by atoms with Gasteiger partial charge in [-0.2, -0.15) is 5.10 Å². The third kappa shape index (κ3) is 3.94. The maximum atomic E-state index is 12.9. The van der Waals surface area contributed by atoms with Crippen LogP contribution < -0.4 is 5.32 Å². The first-order valence-corrected chi connectivity index (χ1v) is 10.00. The summed E-state index contributed by atoms with van der Waals surface area (Å²) >= 11 is 1.63. The van der Waals surface area contributed by atoms with Gasteiger partial charge in [0.2, 0.25) is 5.91 Å². The van der Waals surface area contributed by atoms with Gasteiger partial charge in [-0.3, -0.25) is 9.59 Å². The number of hydrogen-bond donors (Lipinski definition) is 1. The van der Waals surface area contributed by atoms with E-state index in [9.17, 15) is 9.59 Å². The Hall–Kier alpha value is -3.06. The molecule has 0 saturated carbocycles. The average molecular weight is 392 g/mol. The van der Waals surface area contributed by atoms with Crippen molar-refractivity contribution in [3.63, 3.8) is 0 Å². The van der Waals surface area contributed by atoms with Crippen LogP contribution in [0.4, 0.5) is 5.69 Å². The van der Waals surface area contributed by atoms with Crippen LogP contribution in [-0.2, 0) is 11.3 Å². The van der Waals surface area contributed by atoms with E-state index < -0.39 is 0 Å². The van der Waals surface area contributed by atoms with Crippen LogP contribution in [-0.4, -0.2) is 39.3 Å². The van der Waals surface area contributed by atoms with Crippen LogP contribution in [0.25, 0.3) is 5.69 Å². The summed E-state index contributed by atoms with van der Waals surface area (Å²) in [6.07, 6.45) is 4.17. The van der Waals surface area contributed by atoms with Crippen LogP contribution in [0, 0.1) is 0 Å². The van der Waals surface area contributed by atoms with Crippen LogP contribution in [0.2, 0.25) is 0 Å². The fourth-order valence-corrected chi connectivity index (χ4v) is 4.02. The molecule has 0 spiro atoms. The Morgan fingerprint density at radius 1 is 1.25 bits per heavy atom. The Morgan fingerprint density at radius 3 is 2.89 bits per heavy atom. The first kappa shape index (κ1) is 18.3. The third-order valence-electron chi connectivity index (χ3n) is 4.51. The largest absolute Gasteiger partial charge is 0.337 e. The van der Waals surface area contributed by atoms with Crippen LogP contribution >= 0.6 is 11.8 Å². The molecular formula is C21H20N4O2S. The second kappa shape index (κ2) is 7.90. The molecule has 3 aromatic rings. The van der Waals surface area contributed by atoms with E-state index in [0.717, 1.165) is 21.9 Å². The smallest absolute Gasteiger partial charge is 0.253 e. The molecule has 4 rings (SSSR count). The second-order valence-electron chi connectivity index (χ2n) is 6.65. The molecule has 2 heterocycles. The van der Waals surface area contributed by atoms with Crippen LogP contribution in [0.1, 0.15) is 22.3 Å². The zero-order valence-corrected chi connectivity index (χ0v) is 16.3. The number of nitrogens with one attached hydrogen (secondary N) is 1. The summed E-state index contributed by atoms with van der Waals surface area (Å²) in [5.74, 6) is 0.633. The number of anilines is 1. The highest BCUT2D eigenvalue weighted by molar-refractivity contribution is 7.99. The number of carbonyl (C=O) groups is 2. The van der Waals surface area contributed by atoms with Crippen molar-refractivity contribution in [3.05, 3.63) is 72.1 Å². The van der Waals surface area contributed by atoms with E-state index in [1.165, 1.54) is 0 Å². The van der Waals surface area contributed by atoms with Crippen molar-refractivity contribution < 1.29 is 9.59 Å². The van der Waals surface area contributed by atoms with Crippen LogP contribution in [0.5, 0.6) is 0 Å². The van der Waals surface area contributed by atoms with Gasteiger partial charge in [-0.15, -0.1) is 11.8 Å². The van der Waals surface area contributed by atoms with Crippen molar-refractivity contribution in [3.8, 4) is 5.69 Å². The Balaban J connectivity index is 1.48. The zero-order chi connectivity index (χ0) is 19.5. The minimum absolute atomic E-state index is 0.0162. The quantitative estimate of drug-likeness (QED) is 0.737. The highest BCUT2D eigenvalue weighted by Crippen LogP contribution is 2.31. The average Bonchev–Trinajstić information content (AvgIpc) is 3.09. The van der Waals surface area contributed by atoms with E-state index in [1.807, 2.05) is 48.7 Å². The lowest BCUT2D eigenvalue weighted by atomic mass is 10.1. The molecule has 2 aromatic carbocycles. The molecule has 1 aromatic heterocycles. The molecule has 0 bridgehead atoms. The normalized spacial score (nSPS) is 13.4. The molecule has 0 radical (unpaired) electrons. The van der Waals surface area contributed by atoms with Crippen LogP contribution in [0.3, 0.4) is 0 Å². The number of nitrogens with zero attached hydrogens (tertiary/aromatic N) is 3. The number of thioether (sulfide) groups is 1. The molecule has 142 valence electrons. The van der Waals surface area contributed by atoms with Gasteiger partial charge in [-0.25, -0.2) is 4.68 Å². The van der Waals surface area contributed by atoms with Crippen molar-refractivity contribution >= 4 is 29.3 Å². The molecule has 1 aliphatic rings. The van der Waals surface area contributed by atoms with Gasteiger partial charge in [0.15, 0.2) is 0 Å². The molecule has 1 N–H and O–H groups in total. The summed E-state index contributed by atoms with van der Waals surface area (Å²) in [7, 11) is 1.77. The van der Waals surface area contributed by atoms with E-state index in [0.29, 0.717) is 24.2 Å². The van der Waals surface area contributed by atoms with Gasteiger partial charge in [-0.05, 0) is 30.3 Å². The number of fused-ring (bicyclic) bond motifs is 1. The highest BCUT2D eigenvalue weighted by atomic mass is 32.2. The minimum Gasteiger partial charge on any atom is -0.337 e. The maximum Gasteiger partial charge on any atom is 0.253 e. The van der Waals surface area contributed by atoms with E-state index in [2.05, 4.69) is 10.4 Å².